The van der Waals surface area contributed by atoms with Crippen LogP contribution in [0, 0.1) is 28.6 Å². The normalized spacial score (nSPS) is 25.5. The second-order valence-corrected chi connectivity index (χ2v) is 6.33. The summed E-state index contributed by atoms with van der Waals surface area (Å²) in [5, 5.41) is 12.5. The molecular formula is C15H28N2. The van der Waals surface area contributed by atoms with E-state index in [4.69, 9.17) is 5.26 Å². The molecule has 0 aromatic carbocycles. The van der Waals surface area contributed by atoms with Crippen LogP contribution in [0.25, 0.3) is 0 Å². The topological polar surface area (TPSA) is 35.8 Å². The van der Waals surface area contributed by atoms with Crippen molar-refractivity contribution in [2.24, 2.45) is 17.3 Å². The third-order valence-electron chi connectivity index (χ3n) is 4.15. The van der Waals surface area contributed by atoms with Crippen LogP contribution in [0.5, 0.6) is 0 Å². The Balaban J connectivity index is 2.06. The van der Waals surface area contributed by atoms with Crippen LogP contribution in [0.1, 0.15) is 59.3 Å². The first-order valence-corrected chi connectivity index (χ1v) is 7.17. The zero-order valence-corrected chi connectivity index (χ0v) is 11.8. The van der Waals surface area contributed by atoms with Gasteiger partial charge in [0.2, 0.25) is 0 Å². The monoisotopic (exact) mass is 236 g/mol. The second kappa shape index (κ2) is 7.01. The minimum atomic E-state index is -0.153. The van der Waals surface area contributed by atoms with Gasteiger partial charge in [-0.2, -0.15) is 5.26 Å². The molecule has 17 heavy (non-hydrogen) atoms. The van der Waals surface area contributed by atoms with Crippen molar-refractivity contribution in [3.63, 3.8) is 0 Å². The van der Waals surface area contributed by atoms with Crippen molar-refractivity contribution in [1.29, 1.82) is 5.26 Å². The van der Waals surface area contributed by atoms with Crippen LogP contribution in [0.4, 0.5) is 0 Å². The van der Waals surface area contributed by atoms with E-state index in [1.54, 1.807) is 0 Å². The van der Waals surface area contributed by atoms with Gasteiger partial charge in [0, 0.05) is 0 Å². The van der Waals surface area contributed by atoms with Crippen LogP contribution in [-0.2, 0) is 0 Å². The van der Waals surface area contributed by atoms with Crippen molar-refractivity contribution in [3.8, 4) is 6.07 Å². The third-order valence-corrected chi connectivity index (χ3v) is 4.15. The summed E-state index contributed by atoms with van der Waals surface area (Å²) in [6.45, 7) is 8.68. The minimum Gasteiger partial charge on any atom is -0.316 e. The molecule has 1 saturated carbocycles. The molecule has 0 amide bonds. The van der Waals surface area contributed by atoms with Crippen molar-refractivity contribution in [1.82, 2.24) is 5.32 Å². The molecule has 0 radical (unpaired) electrons. The summed E-state index contributed by atoms with van der Waals surface area (Å²) < 4.78 is 0. The average Bonchev–Trinajstić information content (AvgIpc) is 2.31. The van der Waals surface area contributed by atoms with Gasteiger partial charge in [0.1, 0.15) is 0 Å². The Kier molecular flexibility index (Phi) is 5.98. The van der Waals surface area contributed by atoms with Gasteiger partial charge < -0.3 is 5.32 Å². The number of rotatable bonds is 6. The van der Waals surface area contributed by atoms with Gasteiger partial charge in [-0.3, -0.25) is 0 Å². The second-order valence-electron chi connectivity index (χ2n) is 6.33. The van der Waals surface area contributed by atoms with Crippen LogP contribution in [0.2, 0.25) is 0 Å². The molecule has 2 nitrogen and oxygen atoms in total. The van der Waals surface area contributed by atoms with Gasteiger partial charge in [0.25, 0.3) is 0 Å². The van der Waals surface area contributed by atoms with Gasteiger partial charge in [-0.25, -0.2) is 0 Å². The molecule has 0 spiro atoms. The van der Waals surface area contributed by atoms with Crippen molar-refractivity contribution in [3.05, 3.63) is 0 Å². The first-order valence-electron chi connectivity index (χ1n) is 7.17. The zero-order chi connectivity index (χ0) is 12.7. The van der Waals surface area contributed by atoms with Crippen molar-refractivity contribution >= 4 is 0 Å². The molecule has 0 aromatic rings. The summed E-state index contributed by atoms with van der Waals surface area (Å²) in [7, 11) is 0. The number of hydrogen-bond acceptors (Lipinski definition) is 2. The smallest absolute Gasteiger partial charge is 0.0683 e. The summed E-state index contributed by atoms with van der Waals surface area (Å²) in [6.07, 6.45) is 7.76. The summed E-state index contributed by atoms with van der Waals surface area (Å²) in [4.78, 5) is 0. The Morgan fingerprint density at radius 3 is 2.65 bits per heavy atom. The van der Waals surface area contributed by atoms with Gasteiger partial charge >= 0.3 is 0 Å². The highest BCUT2D eigenvalue weighted by Gasteiger charge is 2.20. The van der Waals surface area contributed by atoms with E-state index in [-0.39, 0.29) is 5.41 Å². The first-order chi connectivity index (χ1) is 8.05. The standard InChI is InChI=1S/C15H28N2/c1-13-7-4-5-8-14(13)11-17-10-6-9-15(2,3)12-16/h13-14,17H,4-11H2,1-3H3. The highest BCUT2D eigenvalue weighted by atomic mass is 14.9. The summed E-state index contributed by atoms with van der Waals surface area (Å²) >= 11 is 0. The molecule has 98 valence electrons. The lowest BCUT2D eigenvalue weighted by Crippen LogP contribution is -2.30. The molecule has 0 saturated heterocycles. The zero-order valence-electron chi connectivity index (χ0n) is 11.8. The summed E-state index contributed by atoms with van der Waals surface area (Å²) in [5.41, 5.74) is -0.153. The summed E-state index contributed by atoms with van der Waals surface area (Å²) in [6, 6.07) is 2.36. The van der Waals surface area contributed by atoms with Gasteiger partial charge in [0.15, 0.2) is 0 Å². The molecule has 0 aromatic heterocycles. The number of nitrogens with one attached hydrogen (secondary N) is 1. The molecule has 1 aliphatic rings. The van der Waals surface area contributed by atoms with E-state index in [0.29, 0.717) is 0 Å². The van der Waals surface area contributed by atoms with Crippen LogP contribution in [-0.4, -0.2) is 13.1 Å². The van der Waals surface area contributed by atoms with Crippen LogP contribution in [0.15, 0.2) is 0 Å². The molecule has 1 N–H and O–H groups in total. The fourth-order valence-electron chi connectivity index (χ4n) is 2.69. The molecule has 1 aliphatic carbocycles. The molecule has 1 rings (SSSR count). The Morgan fingerprint density at radius 1 is 1.29 bits per heavy atom. The van der Waals surface area contributed by atoms with Crippen LogP contribution >= 0.6 is 0 Å². The van der Waals surface area contributed by atoms with Gasteiger partial charge in [-0.1, -0.05) is 26.2 Å². The van der Waals surface area contributed by atoms with E-state index in [0.717, 1.165) is 31.2 Å². The quantitative estimate of drug-likeness (QED) is 0.713. The maximum Gasteiger partial charge on any atom is 0.0683 e. The largest absolute Gasteiger partial charge is 0.316 e. The molecule has 2 unspecified atom stereocenters. The minimum absolute atomic E-state index is 0.153. The maximum atomic E-state index is 8.92. The van der Waals surface area contributed by atoms with E-state index in [1.807, 2.05) is 13.8 Å². The predicted molar refractivity (Wildman–Crippen MR) is 72.6 cm³/mol. The first kappa shape index (κ1) is 14.5. The molecule has 0 heterocycles. The Hall–Kier alpha value is -0.550. The maximum absolute atomic E-state index is 8.92. The van der Waals surface area contributed by atoms with E-state index in [1.165, 1.54) is 32.2 Å². The highest BCUT2D eigenvalue weighted by Crippen LogP contribution is 2.28. The highest BCUT2D eigenvalue weighted by molar-refractivity contribution is 4.91. The lowest BCUT2D eigenvalue weighted by atomic mass is 9.80. The number of nitriles is 1. The Labute approximate surface area is 107 Å². The third kappa shape index (κ3) is 5.55. The van der Waals surface area contributed by atoms with Gasteiger partial charge in [-0.15, -0.1) is 0 Å². The van der Waals surface area contributed by atoms with Gasteiger partial charge in [0.05, 0.1) is 11.5 Å². The van der Waals surface area contributed by atoms with Crippen molar-refractivity contribution in [2.45, 2.75) is 59.3 Å². The molecule has 0 bridgehead atoms. The van der Waals surface area contributed by atoms with Crippen molar-refractivity contribution in [2.75, 3.05) is 13.1 Å². The van der Waals surface area contributed by atoms with Crippen LogP contribution < -0.4 is 5.32 Å². The Bertz CT molecular complexity index is 252. The average molecular weight is 236 g/mol. The fourth-order valence-corrected chi connectivity index (χ4v) is 2.69. The summed E-state index contributed by atoms with van der Waals surface area (Å²) in [5.74, 6) is 1.78. The molecule has 2 atom stereocenters. The lowest BCUT2D eigenvalue weighted by Gasteiger charge is -2.29. The molecule has 2 heteroatoms. The van der Waals surface area contributed by atoms with E-state index in [2.05, 4.69) is 18.3 Å². The molecular weight excluding hydrogens is 208 g/mol. The van der Waals surface area contributed by atoms with E-state index < -0.39 is 0 Å². The van der Waals surface area contributed by atoms with Crippen molar-refractivity contribution < 1.29 is 0 Å². The SMILES string of the molecule is CC1CCCCC1CNCCCC(C)(C)C#N. The molecule has 1 fully saturated rings. The van der Waals surface area contributed by atoms with Crippen LogP contribution in [0.3, 0.4) is 0 Å². The van der Waals surface area contributed by atoms with Gasteiger partial charge in [-0.05, 0) is 58.0 Å². The fraction of sp³-hybridized carbons (Fsp3) is 0.933. The van der Waals surface area contributed by atoms with E-state index >= 15 is 0 Å². The number of nitrogens with zero attached hydrogens (tertiary/aromatic N) is 1. The number of hydrogen-bond donors (Lipinski definition) is 1. The lowest BCUT2D eigenvalue weighted by molar-refractivity contribution is 0.247. The van der Waals surface area contributed by atoms with E-state index in [9.17, 15) is 0 Å². The molecule has 0 aliphatic heterocycles. The Morgan fingerprint density at radius 2 is 2.00 bits per heavy atom. The predicted octanol–water partition coefficient (Wildman–Crippen LogP) is 3.73.